The van der Waals surface area contributed by atoms with Crippen molar-refractivity contribution in [2.45, 2.75) is 90.4 Å². The summed E-state index contributed by atoms with van der Waals surface area (Å²) in [5.74, 6) is 5.56. The molecule has 3 heterocycles. The van der Waals surface area contributed by atoms with Crippen LogP contribution in [-0.4, -0.2) is 5.78 Å². The van der Waals surface area contributed by atoms with Crippen molar-refractivity contribution < 1.29 is 19.5 Å². The zero-order valence-corrected chi connectivity index (χ0v) is 19.2. The Kier molecular flexibility index (Phi) is 8.39. The average molecular weight is 426 g/mol. The Labute approximate surface area is 187 Å². The Hall–Kier alpha value is -2.49. The van der Waals surface area contributed by atoms with Crippen molar-refractivity contribution in [1.82, 2.24) is 0 Å². The molecule has 0 atom stereocenters. The number of rotatable bonds is 2. The van der Waals surface area contributed by atoms with Gasteiger partial charge in [0.25, 0.3) is 0 Å². The second kappa shape index (κ2) is 11.2. The fourth-order valence-electron chi connectivity index (χ4n) is 4.46. The SMILES string of the molecule is Cc1ccc(C2(c3ccc(C)o3)CCCCC2)o1.Cc1ccco1.O=C1CCCCC1.[H+]. The quantitative estimate of drug-likeness (QED) is 0.418. The lowest BCUT2D eigenvalue weighted by atomic mass is 9.70. The van der Waals surface area contributed by atoms with Gasteiger partial charge in [-0.3, -0.25) is 4.79 Å². The summed E-state index contributed by atoms with van der Waals surface area (Å²) >= 11 is 0. The average Bonchev–Trinajstić information content (AvgIpc) is 3.53. The molecule has 3 aromatic rings. The van der Waals surface area contributed by atoms with Gasteiger partial charge in [-0.25, -0.2) is 0 Å². The molecule has 31 heavy (non-hydrogen) atoms. The van der Waals surface area contributed by atoms with E-state index in [1.807, 2.05) is 32.9 Å². The highest BCUT2D eigenvalue weighted by atomic mass is 16.4. The number of Topliss-reactive ketones (excluding diaryl/α,β-unsaturated/α-hetero) is 1. The van der Waals surface area contributed by atoms with E-state index in [1.54, 1.807) is 6.26 Å². The van der Waals surface area contributed by atoms with Crippen LogP contribution in [0, 0.1) is 20.8 Å². The second-order valence-corrected chi connectivity index (χ2v) is 8.79. The van der Waals surface area contributed by atoms with Gasteiger partial charge in [-0.15, -0.1) is 0 Å². The zero-order chi connectivity index (χ0) is 22.1. The highest BCUT2D eigenvalue weighted by Crippen LogP contribution is 2.45. The van der Waals surface area contributed by atoms with E-state index in [4.69, 9.17) is 13.3 Å². The van der Waals surface area contributed by atoms with E-state index in [0.717, 1.165) is 67.3 Å². The van der Waals surface area contributed by atoms with E-state index in [9.17, 15) is 4.79 Å². The number of aryl methyl sites for hydroxylation is 3. The minimum atomic E-state index is -0.0270. The van der Waals surface area contributed by atoms with Crippen LogP contribution >= 0.6 is 0 Å². The third kappa shape index (κ3) is 6.49. The Balaban J connectivity index is 0.000000213. The first-order valence-corrected chi connectivity index (χ1v) is 11.7. The number of hydrogen-bond acceptors (Lipinski definition) is 4. The lowest BCUT2D eigenvalue weighted by Crippen LogP contribution is -2.29. The molecule has 2 aliphatic carbocycles. The second-order valence-electron chi connectivity index (χ2n) is 8.79. The monoisotopic (exact) mass is 425 g/mol. The van der Waals surface area contributed by atoms with Gasteiger partial charge in [-0.1, -0.05) is 25.7 Å². The van der Waals surface area contributed by atoms with Gasteiger partial charge in [0.15, 0.2) is 0 Å². The smallest absolute Gasteiger partial charge is 0.470 e. The summed E-state index contributed by atoms with van der Waals surface area (Å²) in [7, 11) is 0. The van der Waals surface area contributed by atoms with E-state index in [2.05, 4.69) is 24.3 Å². The van der Waals surface area contributed by atoms with E-state index >= 15 is 0 Å². The van der Waals surface area contributed by atoms with E-state index in [-0.39, 0.29) is 6.84 Å². The van der Waals surface area contributed by atoms with Crippen LogP contribution in [-0.2, 0) is 10.2 Å². The van der Waals surface area contributed by atoms with Gasteiger partial charge in [-0.2, -0.15) is 0 Å². The molecule has 0 aliphatic heterocycles. The minimum Gasteiger partial charge on any atom is -0.470 e. The molecule has 4 nitrogen and oxygen atoms in total. The lowest BCUT2D eigenvalue weighted by molar-refractivity contribution is -0.120. The number of carbonyl (C=O) groups is 1. The first kappa shape index (κ1) is 23.2. The van der Waals surface area contributed by atoms with Gasteiger partial charge in [-0.05, 0) is 82.9 Å². The van der Waals surface area contributed by atoms with Gasteiger partial charge in [0, 0.05) is 12.8 Å². The Morgan fingerprint density at radius 2 is 1.26 bits per heavy atom. The van der Waals surface area contributed by atoms with Crippen LogP contribution in [0.4, 0.5) is 0 Å². The van der Waals surface area contributed by atoms with Crippen LogP contribution in [0.25, 0.3) is 0 Å². The molecule has 0 aromatic carbocycles. The van der Waals surface area contributed by atoms with Crippen LogP contribution in [0.1, 0.15) is 94.4 Å². The molecule has 0 amide bonds. The number of ketones is 1. The molecule has 2 saturated carbocycles. The first-order chi connectivity index (χ1) is 15.0. The summed E-state index contributed by atoms with van der Waals surface area (Å²) in [6, 6.07) is 12.1. The highest BCUT2D eigenvalue weighted by molar-refractivity contribution is 5.78. The molecule has 0 saturated heterocycles. The summed E-state index contributed by atoms with van der Waals surface area (Å²) in [6.45, 7) is 5.93. The molecule has 5 rings (SSSR count). The van der Waals surface area contributed by atoms with Crippen molar-refractivity contribution in [2.75, 3.05) is 0 Å². The summed E-state index contributed by atoms with van der Waals surface area (Å²) < 4.78 is 16.7. The Morgan fingerprint density at radius 1 is 0.710 bits per heavy atom. The van der Waals surface area contributed by atoms with Crippen LogP contribution in [0.2, 0.25) is 0 Å². The van der Waals surface area contributed by atoms with Gasteiger partial charge in [0.05, 0.1) is 11.7 Å². The molecule has 0 unspecified atom stereocenters. The minimum absolute atomic E-state index is 0. The van der Waals surface area contributed by atoms with Crippen molar-refractivity contribution in [1.29, 1.82) is 0 Å². The van der Waals surface area contributed by atoms with Crippen molar-refractivity contribution in [3.63, 3.8) is 0 Å². The maximum Gasteiger partial charge on any atom is 1.00 e. The van der Waals surface area contributed by atoms with Crippen LogP contribution in [0.15, 0.2) is 55.9 Å². The van der Waals surface area contributed by atoms with Crippen LogP contribution < -0.4 is 0 Å². The standard InChI is InChI=1S/C16H20O2.C6H10O.C5H6O/c1-12-6-8-14(17-12)16(10-4-3-5-11-16)15-9-7-13(2)18-15;7-6-4-2-1-3-5-6;1-5-3-2-4-6-5/h6-9H,3-5,10-11H2,1-2H3;1-5H2;2-4H,1H3/p+1. The van der Waals surface area contributed by atoms with Gasteiger partial charge >= 0.3 is 1.43 Å². The third-order valence-corrected chi connectivity index (χ3v) is 6.21. The highest BCUT2D eigenvalue weighted by Gasteiger charge is 2.41. The fourth-order valence-corrected chi connectivity index (χ4v) is 4.46. The summed E-state index contributed by atoms with van der Waals surface area (Å²) in [5, 5.41) is 0. The van der Waals surface area contributed by atoms with Gasteiger partial charge < -0.3 is 13.3 Å². The number of furan rings is 3. The predicted molar refractivity (Wildman–Crippen MR) is 123 cm³/mol. The largest absolute Gasteiger partial charge is 1.00 e. The fraction of sp³-hybridized carbons (Fsp3) is 0.519. The molecule has 168 valence electrons. The molecule has 2 fully saturated rings. The van der Waals surface area contributed by atoms with Gasteiger partial charge in [0.1, 0.15) is 34.6 Å². The molecule has 4 heteroatoms. The Morgan fingerprint density at radius 3 is 1.58 bits per heavy atom. The number of hydrogen-bond donors (Lipinski definition) is 0. The zero-order valence-electron chi connectivity index (χ0n) is 20.2. The third-order valence-electron chi connectivity index (χ3n) is 6.21. The molecular weight excluding hydrogens is 388 g/mol. The van der Waals surface area contributed by atoms with Crippen molar-refractivity contribution in [2.24, 2.45) is 0 Å². The topological polar surface area (TPSA) is 56.5 Å². The maximum atomic E-state index is 10.5. The molecule has 2 aliphatic rings. The van der Waals surface area contributed by atoms with E-state index < -0.39 is 0 Å². The van der Waals surface area contributed by atoms with Crippen molar-refractivity contribution in [3.8, 4) is 0 Å². The number of carbonyl (C=O) groups excluding carboxylic acids is 1. The van der Waals surface area contributed by atoms with Gasteiger partial charge in [0.2, 0.25) is 0 Å². The van der Waals surface area contributed by atoms with Crippen LogP contribution in [0.3, 0.4) is 0 Å². The van der Waals surface area contributed by atoms with E-state index in [0.29, 0.717) is 5.78 Å². The van der Waals surface area contributed by atoms with E-state index in [1.165, 1.54) is 25.7 Å². The molecular formula is C27H37O4+. The Bertz CT molecular complexity index is 863. The maximum absolute atomic E-state index is 10.5. The van der Waals surface area contributed by atoms with Crippen molar-refractivity contribution >= 4 is 5.78 Å². The summed E-state index contributed by atoms with van der Waals surface area (Å²) in [5.41, 5.74) is -0.0270. The van der Waals surface area contributed by atoms with Crippen LogP contribution in [0.5, 0.6) is 0 Å². The molecule has 3 aromatic heterocycles. The lowest BCUT2D eigenvalue weighted by Gasteiger charge is -2.33. The molecule has 0 radical (unpaired) electrons. The molecule has 0 N–H and O–H groups in total. The molecule has 0 bridgehead atoms. The summed E-state index contributed by atoms with van der Waals surface area (Å²) in [6.07, 6.45) is 13.0. The summed E-state index contributed by atoms with van der Waals surface area (Å²) in [4.78, 5) is 10.5. The predicted octanol–water partition coefficient (Wildman–Crippen LogP) is 7.96. The first-order valence-electron chi connectivity index (χ1n) is 11.7. The normalized spacial score (nSPS) is 17.8. The molecule has 0 spiro atoms. The van der Waals surface area contributed by atoms with Crippen molar-refractivity contribution in [3.05, 3.63) is 71.5 Å².